The second-order valence-electron chi connectivity index (χ2n) is 3.13. The molecule has 15 heavy (non-hydrogen) atoms. The lowest BCUT2D eigenvalue weighted by molar-refractivity contribution is 0.959. The van der Waals surface area contributed by atoms with E-state index in [4.69, 9.17) is 5.73 Å². The first kappa shape index (κ1) is 10.8. The van der Waals surface area contributed by atoms with Gasteiger partial charge in [-0.15, -0.1) is 0 Å². The minimum Gasteiger partial charge on any atom is -0.397 e. The number of guanidine groups is 1. The van der Waals surface area contributed by atoms with Crippen molar-refractivity contribution in [2.45, 2.75) is 0 Å². The van der Waals surface area contributed by atoms with E-state index >= 15 is 0 Å². The van der Waals surface area contributed by atoms with E-state index < -0.39 is 0 Å². The molecule has 80 valence electrons. The Balaban J connectivity index is 2.27. The first-order valence-electron chi connectivity index (χ1n) is 4.46. The quantitative estimate of drug-likeness (QED) is 0.690. The van der Waals surface area contributed by atoms with Crippen LogP contribution >= 0.6 is 31.9 Å². The maximum atomic E-state index is 5.90. The number of hydrogen-bond acceptors (Lipinski definition) is 4. The van der Waals surface area contributed by atoms with Gasteiger partial charge >= 0.3 is 0 Å². The summed E-state index contributed by atoms with van der Waals surface area (Å²) >= 11 is 6.83. The van der Waals surface area contributed by atoms with E-state index in [-0.39, 0.29) is 0 Å². The Hall–Kier alpha value is -0.750. The largest absolute Gasteiger partial charge is 0.397 e. The van der Waals surface area contributed by atoms with Crippen LogP contribution in [0.1, 0.15) is 0 Å². The monoisotopic (exact) mass is 332 g/mol. The van der Waals surface area contributed by atoms with Gasteiger partial charge in [0.25, 0.3) is 0 Å². The maximum Gasteiger partial charge on any atom is 0.196 e. The molecule has 6 heteroatoms. The van der Waals surface area contributed by atoms with Gasteiger partial charge in [-0.3, -0.25) is 4.99 Å². The van der Waals surface area contributed by atoms with Gasteiger partial charge in [-0.25, -0.2) is 0 Å². The molecule has 1 aliphatic heterocycles. The fourth-order valence-electron chi connectivity index (χ4n) is 1.33. The van der Waals surface area contributed by atoms with Crippen LogP contribution < -0.4 is 16.4 Å². The number of aliphatic imine (C=N–C) groups is 1. The third-order valence-electron chi connectivity index (χ3n) is 2.00. The lowest BCUT2D eigenvalue weighted by atomic mass is 10.3. The van der Waals surface area contributed by atoms with Crippen molar-refractivity contribution in [2.75, 3.05) is 24.1 Å². The van der Waals surface area contributed by atoms with Crippen LogP contribution in [0.3, 0.4) is 0 Å². The molecule has 4 N–H and O–H groups in total. The molecular weight excluding hydrogens is 324 g/mol. The highest BCUT2D eigenvalue weighted by atomic mass is 79.9. The molecule has 0 saturated heterocycles. The number of nitrogens with zero attached hydrogens (tertiary/aromatic N) is 1. The molecule has 0 radical (unpaired) electrons. The number of nitrogens with two attached hydrogens (primary N) is 1. The van der Waals surface area contributed by atoms with Crippen LogP contribution in [0.2, 0.25) is 0 Å². The fourth-order valence-corrected chi connectivity index (χ4v) is 2.68. The maximum absolute atomic E-state index is 5.90. The zero-order valence-corrected chi connectivity index (χ0v) is 11.0. The first-order chi connectivity index (χ1) is 7.16. The Labute approximate surface area is 105 Å². The van der Waals surface area contributed by atoms with Crippen molar-refractivity contribution >= 4 is 49.2 Å². The molecule has 1 aromatic carbocycles. The average Bonchev–Trinajstić information content (AvgIpc) is 2.63. The number of nitrogens with one attached hydrogen (secondary N) is 2. The third kappa shape index (κ3) is 2.43. The van der Waals surface area contributed by atoms with Crippen molar-refractivity contribution < 1.29 is 0 Å². The van der Waals surface area contributed by atoms with Crippen LogP contribution in [0.4, 0.5) is 11.4 Å². The van der Waals surface area contributed by atoms with Gasteiger partial charge in [0, 0.05) is 15.5 Å². The number of hydrogen-bond donors (Lipinski definition) is 3. The van der Waals surface area contributed by atoms with E-state index in [1.54, 1.807) is 0 Å². The van der Waals surface area contributed by atoms with Crippen LogP contribution in [0, 0.1) is 0 Å². The Morgan fingerprint density at radius 2 is 2.20 bits per heavy atom. The minimum absolute atomic E-state index is 0.674. The number of benzene rings is 1. The number of anilines is 2. The molecule has 2 rings (SSSR count). The molecule has 0 bridgehead atoms. The van der Waals surface area contributed by atoms with Crippen molar-refractivity contribution in [1.29, 1.82) is 0 Å². The van der Waals surface area contributed by atoms with Crippen molar-refractivity contribution in [3.05, 3.63) is 21.1 Å². The summed E-state index contributed by atoms with van der Waals surface area (Å²) in [5.74, 6) is 0.768. The Morgan fingerprint density at radius 1 is 1.40 bits per heavy atom. The van der Waals surface area contributed by atoms with Crippen LogP contribution in [0.15, 0.2) is 26.1 Å². The van der Waals surface area contributed by atoms with E-state index in [1.807, 2.05) is 12.1 Å². The van der Waals surface area contributed by atoms with Gasteiger partial charge in [0.05, 0.1) is 17.9 Å². The SMILES string of the molecule is Nc1cc(Br)cc(Br)c1NC1=NCCN1. The topological polar surface area (TPSA) is 62.4 Å². The van der Waals surface area contributed by atoms with Crippen LogP contribution in [0.25, 0.3) is 0 Å². The van der Waals surface area contributed by atoms with Gasteiger partial charge in [-0.2, -0.15) is 0 Å². The summed E-state index contributed by atoms with van der Waals surface area (Å²) in [6.07, 6.45) is 0. The number of halogens is 2. The molecule has 0 aromatic heterocycles. The summed E-state index contributed by atoms with van der Waals surface area (Å²) < 4.78 is 1.85. The van der Waals surface area contributed by atoms with E-state index in [0.29, 0.717) is 5.69 Å². The van der Waals surface area contributed by atoms with Gasteiger partial charge in [0.2, 0.25) is 0 Å². The van der Waals surface area contributed by atoms with E-state index in [9.17, 15) is 0 Å². The molecule has 0 spiro atoms. The molecule has 0 fully saturated rings. The smallest absolute Gasteiger partial charge is 0.196 e. The molecule has 1 heterocycles. The minimum atomic E-state index is 0.674. The van der Waals surface area contributed by atoms with Crippen molar-refractivity contribution in [3.8, 4) is 0 Å². The Morgan fingerprint density at radius 3 is 2.80 bits per heavy atom. The summed E-state index contributed by atoms with van der Waals surface area (Å²) in [7, 11) is 0. The number of nitrogen functional groups attached to an aromatic ring is 1. The van der Waals surface area contributed by atoms with Gasteiger partial charge in [0.1, 0.15) is 0 Å². The lowest BCUT2D eigenvalue weighted by Crippen LogP contribution is -2.26. The molecule has 0 atom stereocenters. The molecular formula is C9H10Br2N4. The second kappa shape index (κ2) is 4.40. The molecule has 1 aliphatic rings. The summed E-state index contributed by atoms with van der Waals surface area (Å²) in [6.45, 7) is 1.67. The van der Waals surface area contributed by atoms with Crippen LogP contribution in [0.5, 0.6) is 0 Å². The molecule has 0 aliphatic carbocycles. The standard InChI is InChI=1S/C9H10Br2N4/c10-5-3-6(11)8(7(12)4-5)15-9-13-1-2-14-9/h3-4H,1-2,12H2,(H2,13,14,15). The third-order valence-corrected chi connectivity index (χ3v) is 3.09. The summed E-state index contributed by atoms with van der Waals surface area (Å²) in [5, 5.41) is 6.28. The fraction of sp³-hybridized carbons (Fsp3) is 0.222. The highest BCUT2D eigenvalue weighted by Crippen LogP contribution is 2.32. The Kier molecular flexibility index (Phi) is 3.16. The van der Waals surface area contributed by atoms with Crippen molar-refractivity contribution in [3.63, 3.8) is 0 Å². The summed E-state index contributed by atoms with van der Waals surface area (Å²) in [5.41, 5.74) is 7.41. The van der Waals surface area contributed by atoms with Gasteiger partial charge in [-0.05, 0) is 28.1 Å². The van der Waals surface area contributed by atoms with Gasteiger partial charge in [-0.1, -0.05) is 15.9 Å². The highest BCUT2D eigenvalue weighted by Gasteiger charge is 2.10. The van der Waals surface area contributed by atoms with Crippen LogP contribution in [-0.4, -0.2) is 19.0 Å². The summed E-state index contributed by atoms with van der Waals surface area (Å²) in [6, 6.07) is 3.79. The first-order valence-corrected chi connectivity index (χ1v) is 6.05. The lowest BCUT2D eigenvalue weighted by Gasteiger charge is -2.11. The van der Waals surface area contributed by atoms with E-state index in [0.717, 1.165) is 33.7 Å². The van der Waals surface area contributed by atoms with Crippen LogP contribution in [-0.2, 0) is 0 Å². The van der Waals surface area contributed by atoms with E-state index in [2.05, 4.69) is 47.5 Å². The molecule has 0 amide bonds. The highest BCUT2D eigenvalue weighted by molar-refractivity contribution is 9.11. The molecule has 4 nitrogen and oxygen atoms in total. The Bertz CT molecular complexity index is 394. The van der Waals surface area contributed by atoms with Crippen molar-refractivity contribution in [1.82, 2.24) is 5.32 Å². The number of rotatable bonds is 1. The summed E-state index contributed by atoms with van der Waals surface area (Å²) in [4.78, 5) is 4.24. The van der Waals surface area contributed by atoms with Gasteiger partial charge < -0.3 is 16.4 Å². The molecule has 0 unspecified atom stereocenters. The second-order valence-corrected chi connectivity index (χ2v) is 4.90. The molecule has 0 saturated carbocycles. The molecule has 1 aromatic rings. The zero-order valence-electron chi connectivity index (χ0n) is 7.85. The average molecular weight is 334 g/mol. The predicted octanol–water partition coefficient (Wildman–Crippen LogP) is 2.16. The predicted molar refractivity (Wildman–Crippen MR) is 70.2 cm³/mol. The van der Waals surface area contributed by atoms with E-state index in [1.165, 1.54) is 0 Å². The zero-order chi connectivity index (χ0) is 10.8. The normalized spacial score (nSPS) is 14.7. The van der Waals surface area contributed by atoms with Gasteiger partial charge in [0.15, 0.2) is 5.96 Å². The van der Waals surface area contributed by atoms with Crippen molar-refractivity contribution in [2.24, 2.45) is 4.99 Å².